The number of anilines is 1. The number of piperidine rings is 1. The van der Waals surface area contributed by atoms with Crippen molar-refractivity contribution < 1.29 is 4.79 Å². The largest absolute Gasteiger partial charge is 0.354 e. The molecule has 0 aliphatic carbocycles. The van der Waals surface area contributed by atoms with Gasteiger partial charge in [-0.05, 0) is 12.8 Å². The molecule has 2 fully saturated rings. The molecule has 2 aromatic heterocycles. The summed E-state index contributed by atoms with van der Waals surface area (Å²) in [5.74, 6) is 1.26. The van der Waals surface area contributed by atoms with E-state index in [4.69, 9.17) is 10.7 Å². The van der Waals surface area contributed by atoms with E-state index in [1.807, 2.05) is 11.6 Å². The summed E-state index contributed by atoms with van der Waals surface area (Å²) in [6.07, 6.45) is 4.02. The molecule has 2 atom stereocenters. The van der Waals surface area contributed by atoms with E-state index >= 15 is 0 Å². The normalized spacial score (nSPS) is 26.1. The van der Waals surface area contributed by atoms with E-state index in [-0.39, 0.29) is 17.9 Å². The molecular formula is C13H17N5OS. The van der Waals surface area contributed by atoms with Crippen LogP contribution in [0.25, 0.3) is 4.96 Å². The molecule has 7 heteroatoms. The van der Waals surface area contributed by atoms with E-state index in [0.717, 1.165) is 42.4 Å². The Labute approximate surface area is 120 Å². The van der Waals surface area contributed by atoms with Crippen LogP contribution in [0.4, 0.5) is 5.82 Å². The van der Waals surface area contributed by atoms with Gasteiger partial charge in [-0.15, -0.1) is 11.3 Å². The van der Waals surface area contributed by atoms with Gasteiger partial charge in [0.05, 0.1) is 17.7 Å². The number of nitrogens with two attached hydrogens (primary N) is 1. The molecule has 106 valence electrons. The summed E-state index contributed by atoms with van der Waals surface area (Å²) in [6.45, 7) is 2.13. The van der Waals surface area contributed by atoms with Gasteiger partial charge in [0, 0.05) is 31.2 Å². The SMILES string of the molecule is NCc1c(N2CCCC3C(=O)NCC32)nc2sccn12. The zero-order valence-electron chi connectivity index (χ0n) is 11.1. The zero-order chi connectivity index (χ0) is 13.7. The Morgan fingerprint density at radius 2 is 2.45 bits per heavy atom. The smallest absolute Gasteiger partial charge is 0.225 e. The Morgan fingerprint density at radius 1 is 1.55 bits per heavy atom. The first-order valence-electron chi connectivity index (χ1n) is 6.98. The van der Waals surface area contributed by atoms with Gasteiger partial charge in [0.1, 0.15) is 0 Å². The van der Waals surface area contributed by atoms with Crippen LogP contribution < -0.4 is 16.0 Å². The quantitative estimate of drug-likeness (QED) is 0.848. The molecule has 6 nitrogen and oxygen atoms in total. The Balaban J connectivity index is 1.78. The van der Waals surface area contributed by atoms with Gasteiger partial charge in [-0.1, -0.05) is 0 Å². The first-order valence-corrected chi connectivity index (χ1v) is 7.86. The van der Waals surface area contributed by atoms with Gasteiger partial charge in [-0.25, -0.2) is 4.98 Å². The van der Waals surface area contributed by atoms with Crippen molar-refractivity contribution >= 4 is 28.0 Å². The van der Waals surface area contributed by atoms with Crippen LogP contribution in [0.3, 0.4) is 0 Å². The second-order valence-electron chi connectivity index (χ2n) is 5.40. The monoisotopic (exact) mass is 291 g/mol. The van der Waals surface area contributed by atoms with Crippen LogP contribution in [-0.4, -0.2) is 34.4 Å². The Hall–Kier alpha value is -1.60. The molecule has 20 heavy (non-hydrogen) atoms. The highest BCUT2D eigenvalue weighted by Crippen LogP contribution is 2.34. The third-order valence-corrected chi connectivity index (χ3v) is 5.16. The third-order valence-electron chi connectivity index (χ3n) is 4.41. The van der Waals surface area contributed by atoms with E-state index in [2.05, 4.69) is 14.6 Å². The number of nitrogens with one attached hydrogen (secondary N) is 1. The maximum atomic E-state index is 11.9. The topological polar surface area (TPSA) is 75.7 Å². The van der Waals surface area contributed by atoms with Crippen molar-refractivity contribution in [3.63, 3.8) is 0 Å². The molecule has 3 N–H and O–H groups in total. The van der Waals surface area contributed by atoms with E-state index in [0.29, 0.717) is 6.54 Å². The van der Waals surface area contributed by atoms with Crippen molar-refractivity contribution in [3.05, 3.63) is 17.3 Å². The number of fused-ring (bicyclic) bond motifs is 2. The van der Waals surface area contributed by atoms with Gasteiger partial charge in [0.2, 0.25) is 5.91 Å². The van der Waals surface area contributed by atoms with Gasteiger partial charge < -0.3 is 16.0 Å². The van der Waals surface area contributed by atoms with Crippen LogP contribution in [0.1, 0.15) is 18.5 Å². The number of amides is 1. The number of carbonyl (C=O) groups is 1. The number of thiazole rings is 1. The number of imidazole rings is 1. The average Bonchev–Trinajstić information content (AvgIpc) is 3.12. The minimum atomic E-state index is 0.106. The first-order chi connectivity index (χ1) is 9.79. The summed E-state index contributed by atoms with van der Waals surface area (Å²) in [7, 11) is 0. The third kappa shape index (κ3) is 1.59. The molecule has 0 aromatic carbocycles. The second kappa shape index (κ2) is 4.46. The Bertz CT molecular complexity index is 663. The van der Waals surface area contributed by atoms with Crippen LogP contribution in [-0.2, 0) is 11.3 Å². The highest BCUT2D eigenvalue weighted by Gasteiger charge is 2.42. The molecule has 2 aliphatic rings. The van der Waals surface area contributed by atoms with E-state index in [9.17, 15) is 4.79 Å². The number of aromatic nitrogens is 2. The molecule has 0 bridgehead atoms. The van der Waals surface area contributed by atoms with Crippen molar-refractivity contribution in [1.82, 2.24) is 14.7 Å². The maximum absolute atomic E-state index is 11.9. The molecule has 0 saturated carbocycles. The molecule has 0 spiro atoms. The second-order valence-corrected chi connectivity index (χ2v) is 6.27. The average molecular weight is 291 g/mol. The summed E-state index contributed by atoms with van der Waals surface area (Å²) in [5, 5.41) is 5.00. The minimum Gasteiger partial charge on any atom is -0.354 e. The predicted molar refractivity (Wildman–Crippen MR) is 77.8 cm³/mol. The van der Waals surface area contributed by atoms with Crippen LogP contribution in [0.15, 0.2) is 11.6 Å². The van der Waals surface area contributed by atoms with Crippen molar-refractivity contribution in [2.24, 2.45) is 11.7 Å². The summed E-state index contributed by atoms with van der Waals surface area (Å²) in [6, 6.07) is 0.228. The fourth-order valence-electron chi connectivity index (χ4n) is 3.46. The lowest BCUT2D eigenvalue weighted by Gasteiger charge is -2.36. The lowest BCUT2D eigenvalue weighted by Crippen LogP contribution is -2.46. The van der Waals surface area contributed by atoms with E-state index in [1.165, 1.54) is 0 Å². The van der Waals surface area contributed by atoms with Gasteiger partial charge >= 0.3 is 0 Å². The van der Waals surface area contributed by atoms with Crippen molar-refractivity contribution in [3.8, 4) is 0 Å². The summed E-state index contributed by atoms with van der Waals surface area (Å²) in [5.41, 5.74) is 6.97. The van der Waals surface area contributed by atoms with Gasteiger partial charge in [-0.3, -0.25) is 9.20 Å². The van der Waals surface area contributed by atoms with Gasteiger partial charge in [-0.2, -0.15) is 0 Å². The molecule has 4 rings (SSSR count). The van der Waals surface area contributed by atoms with Gasteiger partial charge in [0.15, 0.2) is 10.8 Å². The summed E-state index contributed by atoms with van der Waals surface area (Å²) >= 11 is 1.61. The Kier molecular flexibility index (Phi) is 2.71. The van der Waals surface area contributed by atoms with Crippen LogP contribution >= 0.6 is 11.3 Å². The number of carbonyl (C=O) groups excluding carboxylic acids is 1. The van der Waals surface area contributed by atoms with Crippen LogP contribution in [0.2, 0.25) is 0 Å². The number of rotatable bonds is 2. The first kappa shape index (κ1) is 12.2. The van der Waals surface area contributed by atoms with Crippen molar-refractivity contribution in [2.45, 2.75) is 25.4 Å². The number of nitrogens with zero attached hydrogens (tertiary/aromatic N) is 3. The molecule has 2 aliphatic heterocycles. The molecule has 2 aromatic rings. The standard InChI is InChI=1S/C13H17N5OS/c14-6-9-11(16-13-18(9)4-5-20-13)17-3-1-2-8-10(17)7-15-12(8)19/h4-5,8,10H,1-3,6-7,14H2,(H,15,19). The zero-order valence-corrected chi connectivity index (χ0v) is 11.9. The number of hydrogen-bond donors (Lipinski definition) is 2. The minimum absolute atomic E-state index is 0.106. The lowest BCUT2D eigenvalue weighted by molar-refractivity contribution is -0.122. The molecule has 2 unspecified atom stereocenters. The number of hydrogen-bond acceptors (Lipinski definition) is 5. The Morgan fingerprint density at radius 3 is 3.30 bits per heavy atom. The van der Waals surface area contributed by atoms with Crippen LogP contribution in [0, 0.1) is 5.92 Å². The maximum Gasteiger partial charge on any atom is 0.225 e. The summed E-state index contributed by atoms with van der Waals surface area (Å²) < 4.78 is 2.06. The molecular weight excluding hydrogens is 274 g/mol. The highest BCUT2D eigenvalue weighted by molar-refractivity contribution is 7.15. The molecule has 0 radical (unpaired) electrons. The fraction of sp³-hybridized carbons (Fsp3) is 0.538. The molecule has 1 amide bonds. The van der Waals surface area contributed by atoms with E-state index in [1.54, 1.807) is 11.3 Å². The van der Waals surface area contributed by atoms with Crippen molar-refractivity contribution in [1.29, 1.82) is 0 Å². The molecule has 4 heterocycles. The fourth-order valence-corrected chi connectivity index (χ4v) is 4.18. The summed E-state index contributed by atoms with van der Waals surface area (Å²) in [4.78, 5) is 19.9. The highest BCUT2D eigenvalue weighted by atomic mass is 32.1. The van der Waals surface area contributed by atoms with Crippen molar-refractivity contribution in [2.75, 3.05) is 18.0 Å². The van der Waals surface area contributed by atoms with E-state index < -0.39 is 0 Å². The lowest BCUT2D eigenvalue weighted by atomic mass is 9.91. The molecule has 2 saturated heterocycles. The van der Waals surface area contributed by atoms with Crippen LogP contribution in [0.5, 0.6) is 0 Å². The van der Waals surface area contributed by atoms with Gasteiger partial charge in [0.25, 0.3) is 0 Å². The predicted octanol–water partition coefficient (Wildman–Crippen LogP) is 0.569.